The van der Waals surface area contributed by atoms with E-state index in [0.717, 1.165) is 34.8 Å². The van der Waals surface area contributed by atoms with E-state index in [1.807, 2.05) is 28.4 Å². The van der Waals surface area contributed by atoms with Gasteiger partial charge in [0.25, 0.3) is 5.92 Å². The first-order chi connectivity index (χ1) is 13.7. The Balaban J connectivity index is 1.48. The molecule has 2 N–H and O–H groups in total. The molecule has 0 spiro atoms. The fourth-order valence-corrected chi connectivity index (χ4v) is 5.41. The van der Waals surface area contributed by atoms with E-state index in [1.54, 1.807) is 18.3 Å². The number of carbonyl (C=O) groups is 1. The maximum atomic E-state index is 14.3. The summed E-state index contributed by atoms with van der Waals surface area (Å²) in [7, 11) is 0. The van der Waals surface area contributed by atoms with Gasteiger partial charge in [0.15, 0.2) is 0 Å². The van der Waals surface area contributed by atoms with Gasteiger partial charge in [0, 0.05) is 22.6 Å². The summed E-state index contributed by atoms with van der Waals surface area (Å²) in [4.78, 5) is 15.9. The molecule has 2 aliphatic rings. The predicted octanol–water partition coefficient (Wildman–Crippen LogP) is 3.81. The standard InChI is InChI=1S/C21H20F2N4OS/c1-19(8-7-15-14(19)11-26-27(15)18-25-9-10-29-18)13-5-3-12(4-6-13)16-20(2,17(24)28)21(16,22)23/h3-6,9-11,16H,7-8H2,1-2H3,(H2,24,28)/t16-,19-,20+/m1/s1. The van der Waals surface area contributed by atoms with E-state index in [1.165, 1.54) is 18.3 Å². The molecular weight excluding hydrogens is 394 g/mol. The average Bonchev–Trinajstić information content (AvgIpc) is 3.25. The average molecular weight is 414 g/mol. The van der Waals surface area contributed by atoms with Crippen molar-refractivity contribution < 1.29 is 13.6 Å². The van der Waals surface area contributed by atoms with Gasteiger partial charge in [0.2, 0.25) is 11.0 Å². The van der Waals surface area contributed by atoms with Gasteiger partial charge in [-0.2, -0.15) is 5.10 Å². The molecule has 5 nitrogen and oxygen atoms in total. The Morgan fingerprint density at radius 3 is 2.59 bits per heavy atom. The number of fused-ring (bicyclic) bond motifs is 1. The molecule has 2 heterocycles. The van der Waals surface area contributed by atoms with Gasteiger partial charge in [-0.1, -0.05) is 31.2 Å². The Hall–Kier alpha value is -2.61. The third-order valence-corrected chi connectivity index (χ3v) is 7.61. The topological polar surface area (TPSA) is 73.8 Å². The number of nitrogens with zero attached hydrogens (tertiary/aromatic N) is 3. The van der Waals surface area contributed by atoms with Crippen LogP contribution in [0.15, 0.2) is 42.0 Å². The van der Waals surface area contributed by atoms with Gasteiger partial charge in [0.1, 0.15) is 5.41 Å². The number of primary amides is 1. The van der Waals surface area contributed by atoms with Crippen LogP contribution in [0.5, 0.6) is 0 Å². The molecule has 0 aliphatic heterocycles. The molecule has 2 aromatic heterocycles. The van der Waals surface area contributed by atoms with Crippen LogP contribution in [0.25, 0.3) is 5.13 Å². The molecule has 29 heavy (non-hydrogen) atoms. The molecule has 5 rings (SSSR count). The van der Waals surface area contributed by atoms with E-state index in [-0.39, 0.29) is 5.41 Å². The first kappa shape index (κ1) is 18.4. The summed E-state index contributed by atoms with van der Waals surface area (Å²) in [6.45, 7) is 3.40. The highest BCUT2D eigenvalue weighted by molar-refractivity contribution is 7.12. The van der Waals surface area contributed by atoms with E-state index in [4.69, 9.17) is 5.73 Å². The zero-order valence-corrected chi connectivity index (χ0v) is 16.8. The zero-order valence-electron chi connectivity index (χ0n) is 16.0. The van der Waals surface area contributed by atoms with Crippen molar-refractivity contribution >= 4 is 17.2 Å². The van der Waals surface area contributed by atoms with E-state index in [2.05, 4.69) is 17.0 Å². The van der Waals surface area contributed by atoms with Gasteiger partial charge in [-0.15, -0.1) is 11.3 Å². The smallest absolute Gasteiger partial charge is 0.270 e. The highest BCUT2D eigenvalue weighted by Gasteiger charge is 2.81. The summed E-state index contributed by atoms with van der Waals surface area (Å²) in [5, 5.41) is 7.29. The number of carbonyl (C=O) groups excluding carboxylic acids is 1. The number of halogens is 2. The summed E-state index contributed by atoms with van der Waals surface area (Å²) in [6.07, 6.45) is 5.42. The van der Waals surface area contributed by atoms with Gasteiger partial charge in [-0.3, -0.25) is 4.79 Å². The van der Waals surface area contributed by atoms with Crippen LogP contribution in [0.4, 0.5) is 8.78 Å². The second kappa shape index (κ2) is 5.72. The largest absolute Gasteiger partial charge is 0.369 e. The molecule has 3 atom stereocenters. The monoisotopic (exact) mass is 414 g/mol. The molecule has 1 amide bonds. The van der Waals surface area contributed by atoms with Gasteiger partial charge in [0.05, 0.1) is 17.8 Å². The molecule has 8 heteroatoms. The number of hydrogen-bond acceptors (Lipinski definition) is 4. The van der Waals surface area contributed by atoms with Crippen molar-refractivity contribution in [3.63, 3.8) is 0 Å². The van der Waals surface area contributed by atoms with Gasteiger partial charge >= 0.3 is 0 Å². The van der Waals surface area contributed by atoms with Gasteiger partial charge in [-0.25, -0.2) is 18.4 Å². The number of thiazole rings is 1. The lowest BCUT2D eigenvalue weighted by Gasteiger charge is -2.25. The van der Waals surface area contributed by atoms with Crippen LogP contribution in [-0.2, 0) is 16.6 Å². The highest BCUT2D eigenvalue weighted by atomic mass is 32.1. The second-order valence-electron chi connectivity index (χ2n) is 8.31. The zero-order chi connectivity index (χ0) is 20.6. The first-order valence-corrected chi connectivity index (χ1v) is 10.3. The predicted molar refractivity (Wildman–Crippen MR) is 105 cm³/mol. The normalized spacial score (nSPS) is 29.6. The molecule has 2 aliphatic carbocycles. The van der Waals surface area contributed by atoms with Crippen LogP contribution >= 0.6 is 11.3 Å². The Kier molecular flexibility index (Phi) is 3.63. The number of hydrogen-bond donors (Lipinski definition) is 1. The lowest BCUT2D eigenvalue weighted by molar-refractivity contribution is -0.125. The van der Waals surface area contributed by atoms with Gasteiger partial charge < -0.3 is 5.73 Å². The number of amides is 1. The number of aromatic nitrogens is 3. The van der Waals surface area contributed by atoms with Crippen molar-refractivity contribution in [1.82, 2.24) is 14.8 Å². The van der Waals surface area contributed by atoms with Crippen molar-refractivity contribution in [2.45, 2.75) is 43.9 Å². The third-order valence-electron chi connectivity index (χ3n) is 6.87. The number of nitrogens with two attached hydrogens (primary N) is 1. The molecule has 0 unspecified atom stereocenters. The molecule has 0 radical (unpaired) electrons. The Morgan fingerprint density at radius 1 is 1.28 bits per heavy atom. The number of alkyl halides is 2. The minimum atomic E-state index is -3.11. The van der Waals surface area contributed by atoms with E-state index >= 15 is 0 Å². The summed E-state index contributed by atoms with van der Waals surface area (Å²) in [5.41, 5.74) is 6.96. The van der Waals surface area contributed by atoms with Crippen molar-refractivity contribution in [3.05, 3.63) is 64.4 Å². The van der Waals surface area contributed by atoms with Crippen LogP contribution in [-0.4, -0.2) is 26.6 Å². The van der Waals surface area contributed by atoms with Crippen LogP contribution in [0.2, 0.25) is 0 Å². The van der Waals surface area contributed by atoms with Gasteiger partial charge in [-0.05, 0) is 30.9 Å². The van der Waals surface area contributed by atoms with Crippen molar-refractivity contribution in [1.29, 1.82) is 0 Å². The van der Waals surface area contributed by atoms with Crippen LogP contribution in [0, 0.1) is 5.41 Å². The summed E-state index contributed by atoms with van der Waals surface area (Å²) >= 11 is 1.54. The molecule has 1 aromatic carbocycles. The minimum absolute atomic E-state index is 0.248. The molecule has 150 valence electrons. The number of benzene rings is 1. The quantitative estimate of drug-likeness (QED) is 0.706. The van der Waals surface area contributed by atoms with Crippen molar-refractivity contribution in [3.8, 4) is 5.13 Å². The molecule has 3 aromatic rings. The maximum Gasteiger partial charge on any atom is 0.270 e. The molecule has 0 saturated heterocycles. The van der Waals surface area contributed by atoms with Crippen molar-refractivity contribution in [2.75, 3.05) is 0 Å². The lowest BCUT2D eigenvalue weighted by atomic mass is 9.78. The molecule has 1 fully saturated rings. The summed E-state index contributed by atoms with van der Waals surface area (Å²) < 4.78 is 30.4. The first-order valence-electron chi connectivity index (χ1n) is 9.46. The molecule has 1 saturated carbocycles. The highest BCUT2D eigenvalue weighted by Crippen LogP contribution is 2.70. The SMILES string of the molecule is C[C@]1(c2ccc([C@H]3C(F)(F)[C@]3(C)C(N)=O)cc2)CCc2c1cnn2-c1nccs1. The summed E-state index contributed by atoms with van der Waals surface area (Å²) in [6, 6.07) is 7.19. The van der Waals surface area contributed by atoms with E-state index in [9.17, 15) is 13.6 Å². The summed E-state index contributed by atoms with van der Waals surface area (Å²) in [5.74, 6) is -5.24. The Labute approximate surface area is 170 Å². The fourth-order valence-electron chi connectivity index (χ4n) is 4.79. The van der Waals surface area contributed by atoms with E-state index < -0.39 is 23.2 Å². The fraction of sp³-hybridized carbons (Fsp3) is 0.381. The number of rotatable bonds is 4. The van der Waals surface area contributed by atoms with Crippen molar-refractivity contribution in [2.24, 2.45) is 11.1 Å². The maximum absolute atomic E-state index is 14.3. The molecular formula is C21H20F2N4OS. The minimum Gasteiger partial charge on any atom is -0.369 e. The van der Waals surface area contributed by atoms with Crippen LogP contribution in [0.3, 0.4) is 0 Å². The third kappa shape index (κ3) is 2.26. The van der Waals surface area contributed by atoms with Crippen LogP contribution in [0.1, 0.15) is 48.6 Å². The lowest BCUT2D eigenvalue weighted by Crippen LogP contribution is -2.27. The van der Waals surface area contributed by atoms with Crippen LogP contribution < -0.4 is 5.73 Å². The Bertz CT molecular complexity index is 1110. The second-order valence-corrected chi connectivity index (χ2v) is 9.18. The van der Waals surface area contributed by atoms with E-state index in [0.29, 0.717) is 5.56 Å². The Morgan fingerprint density at radius 2 is 2.00 bits per heavy atom. The molecule has 0 bridgehead atoms.